The highest BCUT2D eigenvalue weighted by molar-refractivity contribution is 7.90. The minimum Gasteiger partial charge on any atom is -0.493 e. The van der Waals surface area contributed by atoms with E-state index in [9.17, 15) is 18.0 Å². The molecular weight excluding hydrogens is 414 g/mol. The minimum atomic E-state index is -3.49. The average Bonchev–Trinajstić information content (AvgIpc) is 2.70. The summed E-state index contributed by atoms with van der Waals surface area (Å²) in [4.78, 5) is 24.5. The van der Waals surface area contributed by atoms with Gasteiger partial charge in [-0.1, -0.05) is 6.07 Å². The number of nitrogens with one attached hydrogen (secondary N) is 1. The normalized spacial score (nSPS) is 10.8. The molecule has 0 radical (unpaired) electrons. The molecule has 0 spiro atoms. The first-order chi connectivity index (χ1) is 14.1. The highest BCUT2D eigenvalue weighted by atomic mass is 32.2. The standard InChI is InChI=1S/C20H23NO8S/c1-12-6-7-14(30(5,24)25)10-15(12)20(23)29-11-18(22)21-13-8-16(26-2)19(28-4)17(9-13)27-3/h6-10H,11H2,1-5H3,(H,21,22). The third kappa shape index (κ3) is 5.41. The predicted molar refractivity (Wildman–Crippen MR) is 109 cm³/mol. The molecule has 30 heavy (non-hydrogen) atoms. The summed E-state index contributed by atoms with van der Waals surface area (Å²) in [7, 11) is 0.854. The fraction of sp³-hybridized carbons (Fsp3) is 0.300. The SMILES string of the molecule is COc1cc(NC(=O)COC(=O)c2cc(S(C)(=O)=O)ccc2C)cc(OC)c1OC. The highest BCUT2D eigenvalue weighted by Crippen LogP contribution is 2.39. The summed E-state index contributed by atoms with van der Waals surface area (Å²) in [5, 5.41) is 2.57. The average molecular weight is 437 g/mol. The molecule has 1 amide bonds. The van der Waals surface area contributed by atoms with Gasteiger partial charge >= 0.3 is 5.97 Å². The molecule has 0 heterocycles. The lowest BCUT2D eigenvalue weighted by Crippen LogP contribution is -2.21. The van der Waals surface area contributed by atoms with Gasteiger partial charge < -0.3 is 24.3 Å². The summed E-state index contributed by atoms with van der Waals surface area (Å²) in [5.41, 5.74) is 0.941. The van der Waals surface area contributed by atoms with Crippen LogP contribution in [0.2, 0.25) is 0 Å². The molecule has 0 aliphatic heterocycles. The number of hydrogen-bond donors (Lipinski definition) is 1. The van der Waals surface area contributed by atoms with Crippen molar-refractivity contribution < 1.29 is 37.0 Å². The van der Waals surface area contributed by atoms with Crippen molar-refractivity contribution in [2.45, 2.75) is 11.8 Å². The van der Waals surface area contributed by atoms with Crippen molar-refractivity contribution in [3.63, 3.8) is 0 Å². The predicted octanol–water partition coefficient (Wildman–Crippen LogP) is 2.22. The molecular formula is C20H23NO8S. The molecule has 0 fully saturated rings. The molecule has 0 aliphatic rings. The van der Waals surface area contributed by atoms with Gasteiger partial charge in [-0.25, -0.2) is 13.2 Å². The summed E-state index contributed by atoms with van der Waals surface area (Å²) in [6.45, 7) is 1.07. The Kier molecular flexibility index (Phi) is 7.28. The fourth-order valence-corrected chi connectivity index (χ4v) is 3.26. The van der Waals surface area contributed by atoms with Crippen molar-refractivity contribution >= 4 is 27.4 Å². The second-order valence-electron chi connectivity index (χ2n) is 6.29. The van der Waals surface area contributed by atoms with Crippen LogP contribution in [-0.4, -0.2) is 54.5 Å². The Morgan fingerprint density at radius 1 is 0.967 bits per heavy atom. The number of esters is 1. The summed E-state index contributed by atoms with van der Waals surface area (Å²) >= 11 is 0. The van der Waals surface area contributed by atoms with Crippen LogP contribution in [0.4, 0.5) is 5.69 Å². The number of amides is 1. The zero-order chi connectivity index (χ0) is 22.5. The first-order valence-corrected chi connectivity index (χ1v) is 10.6. The van der Waals surface area contributed by atoms with E-state index in [1.165, 1.54) is 51.7 Å². The first kappa shape index (κ1) is 23.0. The van der Waals surface area contributed by atoms with Crippen LogP contribution in [0.25, 0.3) is 0 Å². The molecule has 0 saturated heterocycles. The lowest BCUT2D eigenvalue weighted by Gasteiger charge is -2.14. The summed E-state index contributed by atoms with van der Waals surface area (Å²) < 4.78 is 44.1. The van der Waals surface area contributed by atoms with Crippen LogP contribution in [0, 0.1) is 6.92 Å². The van der Waals surface area contributed by atoms with Gasteiger partial charge in [-0.3, -0.25) is 4.79 Å². The molecule has 0 atom stereocenters. The zero-order valence-electron chi connectivity index (χ0n) is 17.3. The molecule has 0 aromatic heterocycles. The van der Waals surface area contributed by atoms with Crippen molar-refractivity contribution in [2.24, 2.45) is 0 Å². The van der Waals surface area contributed by atoms with Gasteiger partial charge in [0.25, 0.3) is 5.91 Å². The van der Waals surface area contributed by atoms with Crippen molar-refractivity contribution in [1.82, 2.24) is 0 Å². The second kappa shape index (κ2) is 9.49. The summed E-state index contributed by atoms with van der Waals surface area (Å²) in [6, 6.07) is 7.19. The first-order valence-electron chi connectivity index (χ1n) is 8.68. The summed E-state index contributed by atoms with van der Waals surface area (Å²) in [6.07, 6.45) is 1.04. The monoisotopic (exact) mass is 437 g/mol. The maximum atomic E-state index is 12.3. The van der Waals surface area contributed by atoms with Crippen molar-refractivity contribution in [3.05, 3.63) is 41.5 Å². The summed E-state index contributed by atoms with van der Waals surface area (Å²) in [5.74, 6) is -0.354. The fourth-order valence-electron chi connectivity index (χ4n) is 2.61. The number of benzene rings is 2. The zero-order valence-corrected chi connectivity index (χ0v) is 18.1. The van der Waals surface area contributed by atoms with E-state index in [2.05, 4.69) is 5.32 Å². The number of sulfone groups is 1. The maximum Gasteiger partial charge on any atom is 0.338 e. The number of methoxy groups -OCH3 is 3. The number of hydrogen-bond acceptors (Lipinski definition) is 8. The second-order valence-corrected chi connectivity index (χ2v) is 8.30. The van der Waals surface area contributed by atoms with E-state index in [0.29, 0.717) is 28.5 Å². The Hall–Kier alpha value is -3.27. The third-order valence-electron chi connectivity index (χ3n) is 4.14. The molecule has 10 heteroatoms. The Morgan fingerprint density at radius 3 is 2.07 bits per heavy atom. The Labute approximate surface area is 174 Å². The van der Waals surface area contributed by atoms with Crippen LogP contribution in [0.3, 0.4) is 0 Å². The van der Waals surface area contributed by atoms with Gasteiger partial charge in [0.1, 0.15) is 0 Å². The lowest BCUT2D eigenvalue weighted by atomic mass is 10.1. The van der Waals surface area contributed by atoms with Crippen LogP contribution in [0.1, 0.15) is 15.9 Å². The van der Waals surface area contributed by atoms with E-state index in [1.54, 1.807) is 6.92 Å². The van der Waals surface area contributed by atoms with E-state index < -0.39 is 28.3 Å². The Bertz CT molecular complexity index is 1040. The van der Waals surface area contributed by atoms with E-state index in [0.717, 1.165) is 6.26 Å². The molecule has 0 unspecified atom stereocenters. The van der Waals surface area contributed by atoms with E-state index in [-0.39, 0.29) is 10.5 Å². The molecule has 2 aromatic carbocycles. The Morgan fingerprint density at radius 2 is 1.57 bits per heavy atom. The van der Waals surface area contributed by atoms with Crippen molar-refractivity contribution in [3.8, 4) is 17.2 Å². The van der Waals surface area contributed by atoms with Gasteiger partial charge in [0.15, 0.2) is 27.9 Å². The van der Waals surface area contributed by atoms with Gasteiger partial charge in [0.05, 0.1) is 31.8 Å². The number of anilines is 1. The van der Waals surface area contributed by atoms with Crippen LogP contribution in [0.5, 0.6) is 17.2 Å². The van der Waals surface area contributed by atoms with E-state index >= 15 is 0 Å². The van der Waals surface area contributed by atoms with Gasteiger partial charge in [-0.15, -0.1) is 0 Å². The van der Waals surface area contributed by atoms with E-state index in [4.69, 9.17) is 18.9 Å². The number of ether oxygens (including phenoxy) is 4. The highest BCUT2D eigenvalue weighted by Gasteiger charge is 2.18. The number of carbonyl (C=O) groups excluding carboxylic acids is 2. The van der Waals surface area contributed by atoms with Crippen molar-refractivity contribution in [1.29, 1.82) is 0 Å². The molecule has 0 aliphatic carbocycles. The minimum absolute atomic E-state index is 0.0121. The smallest absolute Gasteiger partial charge is 0.338 e. The molecule has 2 aromatic rings. The molecule has 0 saturated carbocycles. The van der Waals surface area contributed by atoms with Gasteiger partial charge in [-0.2, -0.15) is 0 Å². The lowest BCUT2D eigenvalue weighted by molar-refractivity contribution is -0.119. The maximum absolute atomic E-state index is 12.3. The molecule has 0 bridgehead atoms. The quantitative estimate of drug-likeness (QED) is 0.625. The van der Waals surface area contributed by atoms with Gasteiger partial charge in [0, 0.05) is 24.1 Å². The largest absolute Gasteiger partial charge is 0.493 e. The molecule has 162 valence electrons. The van der Waals surface area contributed by atoms with E-state index in [1.807, 2.05) is 0 Å². The van der Waals surface area contributed by atoms with Gasteiger partial charge in [-0.05, 0) is 24.6 Å². The Balaban J connectivity index is 2.11. The van der Waals surface area contributed by atoms with Crippen LogP contribution < -0.4 is 19.5 Å². The molecule has 2 rings (SSSR count). The topological polar surface area (TPSA) is 117 Å². The number of aryl methyl sites for hydroxylation is 1. The van der Waals surface area contributed by atoms with Crippen molar-refractivity contribution in [2.75, 3.05) is 39.5 Å². The molecule has 1 N–H and O–H groups in total. The number of rotatable bonds is 8. The molecule has 9 nitrogen and oxygen atoms in total. The van der Waals surface area contributed by atoms with Gasteiger partial charge in [0.2, 0.25) is 5.75 Å². The third-order valence-corrected chi connectivity index (χ3v) is 5.25. The van der Waals surface area contributed by atoms with Crippen LogP contribution >= 0.6 is 0 Å². The van der Waals surface area contributed by atoms with Crippen LogP contribution in [-0.2, 0) is 19.4 Å². The number of carbonyl (C=O) groups is 2. The van der Waals surface area contributed by atoms with Crippen LogP contribution in [0.15, 0.2) is 35.2 Å².